The molecule has 2 aromatic heterocycles. The van der Waals surface area contributed by atoms with Gasteiger partial charge in [-0.25, -0.2) is 4.98 Å². The summed E-state index contributed by atoms with van der Waals surface area (Å²) in [7, 11) is 0. The summed E-state index contributed by atoms with van der Waals surface area (Å²) in [6, 6.07) is 14.3. The number of amides is 1. The number of nitrogens with two attached hydrogens (primary N) is 1. The molecule has 3 heterocycles. The molecule has 5 nitrogen and oxygen atoms in total. The Bertz CT molecular complexity index is 1260. The van der Waals surface area contributed by atoms with Gasteiger partial charge in [0.05, 0.1) is 16.9 Å². The molecule has 0 unspecified atom stereocenters. The fourth-order valence-electron chi connectivity index (χ4n) is 3.79. The molecule has 1 aliphatic rings. The van der Waals surface area contributed by atoms with Crippen LogP contribution < -0.4 is 16.4 Å². The Labute approximate surface area is 180 Å². The summed E-state index contributed by atoms with van der Waals surface area (Å²) in [5.74, 6) is -0.0149. The first-order valence-corrected chi connectivity index (χ1v) is 11.1. The summed E-state index contributed by atoms with van der Waals surface area (Å²) in [5.41, 5.74) is 11.7. The van der Waals surface area contributed by atoms with Gasteiger partial charge in [-0.15, -0.1) is 11.3 Å². The summed E-state index contributed by atoms with van der Waals surface area (Å²) in [4.78, 5) is 18.2. The maximum atomic E-state index is 12.6. The van der Waals surface area contributed by atoms with Crippen molar-refractivity contribution >= 4 is 49.6 Å². The minimum Gasteiger partial charge on any atom is -0.398 e. The molecule has 2 aromatic carbocycles. The van der Waals surface area contributed by atoms with E-state index in [1.165, 1.54) is 11.3 Å². The Morgan fingerprint density at radius 2 is 1.93 bits per heavy atom. The average molecular weight is 419 g/mol. The van der Waals surface area contributed by atoms with Crippen molar-refractivity contribution < 1.29 is 4.79 Å². The van der Waals surface area contributed by atoms with E-state index in [9.17, 15) is 4.79 Å². The van der Waals surface area contributed by atoms with E-state index in [0.29, 0.717) is 6.54 Å². The summed E-state index contributed by atoms with van der Waals surface area (Å²) < 4.78 is 1.08. The molecule has 0 saturated heterocycles. The number of nitrogens with zero attached hydrogens (tertiary/aromatic N) is 1. The Kier molecular flexibility index (Phi) is 5.35. The van der Waals surface area contributed by atoms with Crippen molar-refractivity contribution in [1.82, 2.24) is 10.3 Å². The van der Waals surface area contributed by atoms with E-state index in [0.717, 1.165) is 54.1 Å². The number of carbonyl (C=O) groups excluding carboxylic acids is 1. The highest BCUT2D eigenvalue weighted by Crippen LogP contribution is 2.41. The normalized spacial score (nSPS) is 15.6. The van der Waals surface area contributed by atoms with E-state index < -0.39 is 0 Å². The number of aromatic nitrogens is 1. The van der Waals surface area contributed by atoms with Crippen LogP contribution in [-0.4, -0.2) is 23.5 Å². The number of benzene rings is 2. The Hall–Kier alpha value is -3.12. The fourth-order valence-corrected chi connectivity index (χ4v) is 4.89. The first-order valence-electron chi connectivity index (χ1n) is 10.3. The van der Waals surface area contributed by atoms with Crippen molar-refractivity contribution in [2.75, 3.05) is 17.6 Å². The first kappa shape index (κ1) is 20.2. The van der Waals surface area contributed by atoms with Crippen LogP contribution in [0.4, 0.5) is 11.4 Å². The predicted octanol–water partition coefficient (Wildman–Crippen LogP) is 5.58. The second-order valence-electron chi connectivity index (χ2n) is 7.35. The van der Waals surface area contributed by atoms with Gasteiger partial charge in [-0.05, 0) is 49.7 Å². The molecule has 30 heavy (non-hydrogen) atoms. The van der Waals surface area contributed by atoms with E-state index >= 15 is 0 Å². The van der Waals surface area contributed by atoms with Crippen molar-refractivity contribution in [2.24, 2.45) is 0 Å². The highest BCUT2D eigenvalue weighted by molar-refractivity contribution is 7.21. The molecule has 5 rings (SSSR count). The largest absolute Gasteiger partial charge is 0.398 e. The van der Waals surface area contributed by atoms with Crippen LogP contribution in [-0.2, 0) is 0 Å². The lowest BCUT2D eigenvalue weighted by Crippen LogP contribution is -2.34. The third-order valence-electron chi connectivity index (χ3n) is 5.17. The molecular formula is C24H26N4OS. The Morgan fingerprint density at radius 3 is 2.70 bits per heavy atom. The molecule has 0 spiro atoms. The monoisotopic (exact) mass is 418 g/mol. The van der Waals surface area contributed by atoms with Crippen LogP contribution >= 0.6 is 11.3 Å². The number of fused-ring (bicyclic) bond motifs is 5. The third kappa shape index (κ3) is 3.37. The fraction of sp³-hybridized carbons (Fsp3) is 0.250. The first-order chi connectivity index (χ1) is 14.5. The second-order valence-corrected chi connectivity index (χ2v) is 8.41. The summed E-state index contributed by atoms with van der Waals surface area (Å²) in [6.07, 6.45) is 0. The lowest BCUT2D eigenvalue weighted by Gasteiger charge is -2.11. The zero-order valence-corrected chi connectivity index (χ0v) is 18.5. The van der Waals surface area contributed by atoms with E-state index in [4.69, 9.17) is 10.7 Å². The van der Waals surface area contributed by atoms with Gasteiger partial charge in [0.2, 0.25) is 0 Å². The van der Waals surface area contributed by atoms with E-state index in [-0.39, 0.29) is 11.9 Å². The molecule has 0 bridgehead atoms. The van der Waals surface area contributed by atoms with Gasteiger partial charge in [0.1, 0.15) is 4.88 Å². The van der Waals surface area contributed by atoms with Crippen molar-refractivity contribution in [2.45, 2.75) is 33.7 Å². The molecule has 4 aromatic rings. The number of carbonyl (C=O) groups is 1. The maximum absolute atomic E-state index is 12.6. The van der Waals surface area contributed by atoms with Crippen LogP contribution in [0.25, 0.3) is 32.2 Å². The number of hydrogen-bond acceptors (Lipinski definition) is 5. The van der Waals surface area contributed by atoms with Gasteiger partial charge in [-0.1, -0.05) is 26.0 Å². The highest BCUT2D eigenvalue weighted by atomic mass is 32.1. The van der Waals surface area contributed by atoms with E-state index in [1.807, 2.05) is 64.1 Å². The van der Waals surface area contributed by atoms with Crippen molar-refractivity contribution in [3.63, 3.8) is 0 Å². The minimum absolute atomic E-state index is 0.0149. The summed E-state index contributed by atoms with van der Waals surface area (Å²) in [5, 5.41) is 8.60. The van der Waals surface area contributed by atoms with Crippen molar-refractivity contribution in [3.05, 3.63) is 52.9 Å². The second kappa shape index (κ2) is 7.95. The average Bonchev–Trinajstić information content (AvgIpc) is 3.06. The van der Waals surface area contributed by atoms with Crippen LogP contribution in [0.3, 0.4) is 0 Å². The molecule has 154 valence electrons. The molecule has 1 aliphatic heterocycles. The van der Waals surface area contributed by atoms with E-state index in [1.54, 1.807) is 0 Å². The molecule has 0 aliphatic carbocycles. The lowest BCUT2D eigenvalue weighted by atomic mass is 10.0. The van der Waals surface area contributed by atoms with Gasteiger partial charge in [-0.2, -0.15) is 0 Å². The van der Waals surface area contributed by atoms with Gasteiger partial charge >= 0.3 is 0 Å². The molecule has 1 atom stereocenters. The smallest absolute Gasteiger partial charge is 0.263 e. The zero-order valence-electron chi connectivity index (χ0n) is 17.7. The summed E-state index contributed by atoms with van der Waals surface area (Å²) in [6.45, 7) is 8.73. The van der Waals surface area contributed by atoms with Gasteiger partial charge < -0.3 is 16.4 Å². The predicted molar refractivity (Wildman–Crippen MR) is 128 cm³/mol. The number of hydrogen-bond donors (Lipinski definition) is 3. The van der Waals surface area contributed by atoms with E-state index in [2.05, 4.69) is 16.7 Å². The molecule has 0 saturated carbocycles. The number of aryl methyl sites for hydroxylation is 1. The van der Waals surface area contributed by atoms with Crippen LogP contribution in [0.2, 0.25) is 0 Å². The van der Waals surface area contributed by atoms with Crippen LogP contribution in [0.1, 0.15) is 36.0 Å². The van der Waals surface area contributed by atoms with Crippen molar-refractivity contribution in [3.8, 4) is 11.3 Å². The number of pyridine rings is 1. The van der Waals surface area contributed by atoms with Gasteiger partial charge in [0, 0.05) is 39.3 Å². The molecule has 6 heteroatoms. The molecule has 4 N–H and O–H groups in total. The molecule has 0 fully saturated rings. The van der Waals surface area contributed by atoms with Gasteiger partial charge in [0.25, 0.3) is 5.91 Å². The lowest BCUT2D eigenvalue weighted by molar-refractivity contribution is 0.0949. The topological polar surface area (TPSA) is 80.0 Å². The number of nitrogen functional groups attached to an aromatic ring is 1. The Morgan fingerprint density at radius 1 is 1.13 bits per heavy atom. The number of anilines is 2. The minimum atomic E-state index is -0.0149. The van der Waals surface area contributed by atoms with Gasteiger partial charge in [0.15, 0.2) is 0 Å². The molecular weight excluding hydrogens is 392 g/mol. The number of nitrogens with one attached hydrogen (secondary N) is 2. The van der Waals surface area contributed by atoms with Crippen LogP contribution in [0.5, 0.6) is 0 Å². The number of rotatable bonds is 1. The van der Waals surface area contributed by atoms with Gasteiger partial charge in [-0.3, -0.25) is 4.79 Å². The quantitative estimate of drug-likeness (QED) is 0.353. The zero-order chi connectivity index (χ0) is 21.4. The Balaban J connectivity index is 0.00000106. The third-order valence-corrected chi connectivity index (χ3v) is 6.33. The standard InChI is InChI=1S/C22H20N4OS.C2H6/c1-11-3-4-13(15(23)9-11)16-6-5-14-17(26-16)7-8-18-19(14)20-21(28-18)22(27)25-12(2)10-24-20;1-2/h3-9,12,24H,10,23H2,1-2H3,(H,25,27);1-2H3/t12-;/m1./s1. The van der Waals surface area contributed by atoms with Crippen molar-refractivity contribution in [1.29, 1.82) is 0 Å². The SMILES string of the molecule is CC.Cc1ccc(-c2ccc3c(ccc4sc5c(c43)NC[C@@H](C)NC5=O)n2)c(N)c1. The molecule has 0 radical (unpaired) electrons. The number of thiophene rings is 1. The highest BCUT2D eigenvalue weighted by Gasteiger charge is 2.24. The van der Waals surface area contributed by atoms with Crippen LogP contribution in [0.15, 0.2) is 42.5 Å². The molecule has 1 amide bonds. The van der Waals surface area contributed by atoms with Crippen LogP contribution in [0, 0.1) is 6.92 Å². The summed E-state index contributed by atoms with van der Waals surface area (Å²) >= 11 is 1.52. The maximum Gasteiger partial charge on any atom is 0.263 e.